The lowest BCUT2D eigenvalue weighted by atomic mass is 10.1. The van der Waals surface area contributed by atoms with Crippen molar-refractivity contribution in [3.8, 4) is 6.07 Å². The molecule has 0 saturated heterocycles. The van der Waals surface area contributed by atoms with E-state index in [9.17, 15) is 5.26 Å². The van der Waals surface area contributed by atoms with E-state index in [1.165, 1.54) is 5.56 Å². The Labute approximate surface area is 120 Å². The Morgan fingerprint density at radius 3 is 2.60 bits per heavy atom. The Balaban J connectivity index is 2.16. The average Bonchev–Trinajstić information content (AvgIpc) is 2.39. The van der Waals surface area contributed by atoms with Gasteiger partial charge in [-0.1, -0.05) is 30.3 Å². The maximum absolute atomic E-state index is 9.26. The van der Waals surface area contributed by atoms with Gasteiger partial charge in [0.05, 0.1) is 5.56 Å². The number of hydrogen-bond acceptors (Lipinski definition) is 3. The molecule has 0 aliphatic carbocycles. The fourth-order valence-electron chi connectivity index (χ4n) is 2.33. The number of hydrogen-bond donors (Lipinski definition) is 1. The van der Waals surface area contributed by atoms with Crippen molar-refractivity contribution in [3.05, 3.63) is 58.8 Å². The van der Waals surface area contributed by atoms with Crippen molar-refractivity contribution in [2.45, 2.75) is 33.2 Å². The Morgan fingerprint density at radius 1 is 1.25 bits per heavy atom. The Kier molecular flexibility index (Phi) is 4.37. The average molecular weight is 265 g/mol. The second-order valence-corrected chi connectivity index (χ2v) is 5.15. The van der Waals surface area contributed by atoms with Crippen molar-refractivity contribution in [3.63, 3.8) is 0 Å². The van der Waals surface area contributed by atoms with Gasteiger partial charge in [-0.15, -0.1) is 0 Å². The van der Waals surface area contributed by atoms with E-state index in [1.54, 1.807) is 0 Å². The molecule has 0 bridgehead atoms. The molecular formula is C17H19N3. The highest BCUT2D eigenvalue weighted by atomic mass is 15.0. The molecule has 0 fully saturated rings. The molecule has 1 aromatic carbocycles. The molecule has 1 N–H and O–H groups in total. The van der Waals surface area contributed by atoms with Gasteiger partial charge in [0.15, 0.2) is 0 Å². The molecule has 0 spiro atoms. The van der Waals surface area contributed by atoms with Crippen LogP contribution in [0.5, 0.6) is 0 Å². The summed E-state index contributed by atoms with van der Waals surface area (Å²) in [7, 11) is 0. The van der Waals surface area contributed by atoms with E-state index in [-0.39, 0.29) is 6.04 Å². The number of anilines is 1. The smallest absolute Gasteiger partial charge is 0.144 e. The molecule has 0 saturated carbocycles. The van der Waals surface area contributed by atoms with Crippen molar-refractivity contribution in [1.82, 2.24) is 4.98 Å². The summed E-state index contributed by atoms with van der Waals surface area (Å²) in [4.78, 5) is 4.45. The number of benzene rings is 1. The van der Waals surface area contributed by atoms with Crippen molar-refractivity contribution in [1.29, 1.82) is 5.26 Å². The number of aromatic nitrogens is 1. The lowest BCUT2D eigenvalue weighted by molar-refractivity contribution is 0.783. The Morgan fingerprint density at radius 2 is 1.95 bits per heavy atom. The van der Waals surface area contributed by atoms with Gasteiger partial charge >= 0.3 is 0 Å². The molecule has 2 aromatic rings. The molecule has 0 amide bonds. The van der Waals surface area contributed by atoms with Gasteiger partial charge in [0.2, 0.25) is 0 Å². The first-order chi connectivity index (χ1) is 9.60. The van der Waals surface area contributed by atoms with E-state index in [4.69, 9.17) is 0 Å². The van der Waals surface area contributed by atoms with E-state index in [0.29, 0.717) is 11.4 Å². The quantitative estimate of drug-likeness (QED) is 0.918. The standard InChI is InChI=1S/C17H19N3/c1-12-9-13(2)19-17(16(12)11-18)20-14(3)10-15-7-5-4-6-8-15/h4-9,14H,10H2,1-3H3,(H,19,20). The minimum Gasteiger partial charge on any atom is -0.366 e. The SMILES string of the molecule is Cc1cc(C)c(C#N)c(NC(C)Cc2ccccc2)n1. The van der Waals surface area contributed by atoms with Gasteiger partial charge in [0, 0.05) is 11.7 Å². The van der Waals surface area contributed by atoms with E-state index in [0.717, 1.165) is 17.7 Å². The molecule has 102 valence electrons. The van der Waals surface area contributed by atoms with Crippen LogP contribution in [-0.2, 0) is 6.42 Å². The number of pyridine rings is 1. The number of nitrogens with one attached hydrogen (secondary N) is 1. The number of aryl methyl sites for hydroxylation is 2. The monoisotopic (exact) mass is 265 g/mol. The van der Waals surface area contributed by atoms with Crippen molar-refractivity contribution < 1.29 is 0 Å². The fourth-order valence-corrected chi connectivity index (χ4v) is 2.33. The van der Waals surface area contributed by atoms with Crippen molar-refractivity contribution in [2.24, 2.45) is 0 Å². The fraction of sp³-hybridized carbons (Fsp3) is 0.294. The highest BCUT2D eigenvalue weighted by molar-refractivity contribution is 5.56. The topological polar surface area (TPSA) is 48.7 Å². The van der Waals surface area contributed by atoms with Gasteiger partial charge in [0.25, 0.3) is 0 Å². The predicted molar refractivity (Wildman–Crippen MR) is 81.7 cm³/mol. The molecule has 2 rings (SSSR count). The molecule has 3 nitrogen and oxygen atoms in total. The van der Waals surface area contributed by atoms with E-state index >= 15 is 0 Å². The molecule has 1 aromatic heterocycles. The van der Waals surface area contributed by atoms with Crippen molar-refractivity contribution in [2.75, 3.05) is 5.32 Å². The second-order valence-electron chi connectivity index (χ2n) is 5.15. The molecule has 0 aliphatic heterocycles. The number of nitriles is 1. The first-order valence-electron chi connectivity index (χ1n) is 6.79. The van der Waals surface area contributed by atoms with Crippen LogP contribution in [0.3, 0.4) is 0 Å². The van der Waals surface area contributed by atoms with Crippen LogP contribution in [0.1, 0.15) is 29.3 Å². The zero-order chi connectivity index (χ0) is 14.5. The first kappa shape index (κ1) is 14.1. The zero-order valence-corrected chi connectivity index (χ0v) is 12.1. The molecule has 1 unspecified atom stereocenters. The summed E-state index contributed by atoms with van der Waals surface area (Å²) in [5.74, 6) is 0.688. The van der Waals surface area contributed by atoms with Gasteiger partial charge in [-0.05, 0) is 44.4 Å². The van der Waals surface area contributed by atoms with Gasteiger partial charge in [-0.2, -0.15) is 5.26 Å². The number of nitrogens with zero attached hydrogens (tertiary/aromatic N) is 2. The van der Waals surface area contributed by atoms with Crippen LogP contribution < -0.4 is 5.32 Å². The minimum absolute atomic E-state index is 0.221. The van der Waals surface area contributed by atoms with Crippen LogP contribution in [0.4, 0.5) is 5.82 Å². The van der Waals surface area contributed by atoms with Crippen LogP contribution in [0.15, 0.2) is 36.4 Å². The summed E-state index contributed by atoms with van der Waals surface area (Å²) >= 11 is 0. The molecule has 3 heteroatoms. The van der Waals surface area contributed by atoms with Gasteiger partial charge in [-0.3, -0.25) is 0 Å². The Bertz CT molecular complexity index is 627. The van der Waals surface area contributed by atoms with E-state index in [1.807, 2.05) is 38.1 Å². The normalized spacial score (nSPS) is 11.7. The lowest BCUT2D eigenvalue weighted by Gasteiger charge is -2.17. The Hall–Kier alpha value is -2.34. The van der Waals surface area contributed by atoms with Crippen LogP contribution >= 0.6 is 0 Å². The third-order valence-corrected chi connectivity index (χ3v) is 3.22. The molecule has 1 atom stereocenters. The van der Waals surface area contributed by atoms with Gasteiger partial charge in [-0.25, -0.2) is 4.98 Å². The predicted octanol–water partition coefficient (Wildman–Crippen LogP) is 3.61. The molecule has 20 heavy (non-hydrogen) atoms. The molecule has 0 radical (unpaired) electrons. The maximum atomic E-state index is 9.26. The largest absolute Gasteiger partial charge is 0.366 e. The summed E-state index contributed by atoms with van der Waals surface area (Å²) in [6.45, 7) is 6.00. The zero-order valence-electron chi connectivity index (χ0n) is 12.1. The second kappa shape index (κ2) is 6.21. The van der Waals surface area contributed by atoms with Gasteiger partial charge in [0.1, 0.15) is 11.9 Å². The van der Waals surface area contributed by atoms with Crippen LogP contribution in [0.2, 0.25) is 0 Å². The van der Waals surface area contributed by atoms with E-state index < -0.39 is 0 Å². The highest BCUT2D eigenvalue weighted by Gasteiger charge is 2.11. The summed E-state index contributed by atoms with van der Waals surface area (Å²) < 4.78 is 0. The van der Waals surface area contributed by atoms with Crippen LogP contribution in [-0.4, -0.2) is 11.0 Å². The van der Waals surface area contributed by atoms with Crippen LogP contribution in [0.25, 0.3) is 0 Å². The lowest BCUT2D eigenvalue weighted by Crippen LogP contribution is -2.20. The summed E-state index contributed by atoms with van der Waals surface area (Å²) in [5.41, 5.74) is 3.80. The third kappa shape index (κ3) is 3.36. The number of rotatable bonds is 4. The molecule has 1 heterocycles. The third-order valence-electron chi connectivity index (χ3n) is 3.22. The van der Waals surface area contributed by atoms with E-state index in [2.05, 4.69) is 35.4 Å². The first-order valence-corrected chi connectivity index (χ1v) is 6.79. The minimum atomic E-state index is 0.221. The maximum Gasteiger partial charge on any atom is 0.144 e. The van der Waals surface area contributed by atoms with Crippen LogP contribution in [0, 0.1) is 25.2 Å². The van der Waals surface area contributed by atoms with Gasteiger partial charge < -0.3 is 5.32 Å². The summed E-state index contributed by atoms with van der Waals surface area (Å²) in [6, 6.07) is 14.7. The van der Waals surface area contributed by atoms with Crippen molar-refractivity contribution >= 4 is 5.82 Å². The summed E-state index contributed by atoms with van der Waals surface area (Å²) in [6.07, 6.45) is 0.903. The molecular weight excluding hydrogens is 246 g/mol. The highest BCUT2D eigenvalue weighted by Crippen LogP contribution is 2.19. The summed E-state index contributed by atoms with van der Waals surface area (Å²) in [5, 5.41) is 12.6. The molecule has 0 aliphatic rings.